The number of nitrogens with one attached hydrogen (secondary N) is 1. The molecule has 0 saturated heterocycles. The molecule has 0 bridgehead atoms. The standard InChI is InChI=1S/C13H24N4/c1-3-17-13(12(14)10(2)16-17)15-11-8-6-4-5-7-9-11/h11,15H,3-9,14H2,1-2H3. The second kappa shape index (κ2) is 5.43. The molecule has 0 aromatic carbocycles. The van der Waals surface area contributed by atoms with Crippen LogP contribution in [0, 0.1) is 6.92 Å². The van der Waals surface area contributed by atoms with Crippen molar-refractivity contribution in [2.45, 2.75) is 65.0 Å². The van der Waals surface area contributed by atoms with E-state index >= 15 is 0 Å². The summed E-state index contributed by atoms with van der Waals surface area (Å²) in [7, 11) is 0. The van der Waals surface area contributed by atoms with Crippen LogP contribution in [0.2, 0.25) is 0 Å². The molecule has 1 aliphatic rings. The quantitative estimate of drug-likeness (QED) is 0.793. The van der Waals surface area contributed by atoms with Crippen LogP contribution in [0.25, 0.3) is 0 Å². The minimum atomic E-state index is 0.571. The first kappa shape index (κ1) is 12.3. The molecule has 0 amide bonds. The van der Waals surface area contributed by atoms with Gasteiger partial charge in [-0.05, 0) is 26.7 Å². The number of nitrogens with two attached hydrogens (primary N) is 1. The van der Waals surface area contributed by atoms with Crippen LogP contribution in [-0.2, 0) is 6.54 Å². The van der Waals surface area contributed by atoms with Gasteiger partial charge in [0, 0.05) is 12.6 Å². The highest BCUT2D eigenvalue weighted by Gasteiger charge is 2.17. The normalized spacial score (nSPS) is 18.0. The number of nitrogens with zero attached hydrogens (tertiary/aromatic N) is 2. The van der Waals surface area contributed by atoms with Crippen molar-refractivity contribution in [3.63, 3.8) is 0 Å². The number of aryl methyl sites for hydroxylation is 2. The van der Waals surface area contributed by atoms with Crippen molar-refractivity contribution in [2.75, 3.05) is 11.1 Å². The Bertz CT molecular complexity index is 362. The molecule has 1 saturated carbocycles. The van der Waals surface area contributed by atoms with E-state index in [-0.39, 0.29) is 0 Å². The van der Waals surface area contributed by atoms with Gasteiger partial charge in [-0.15, -0.1) is 0 Å². The predicted octanol–water partition coefficient (Wildman–Crippen LogP) is 2.93. The molecule has 96 valence electrons. The number of hydrogen-bond acceptors (Lipinski definition) is 3. The highest BCUT2D eigenvalue weighted by molar-refractivity contribution is 5.65. The van der Waals surface area contributed by atoms with Crippen molar-refractivity contribution < 1.29 is 0 Å². The summed E-state index contributed by atoms with van der Waals surface area (Å²) in [6, 6.07) is 0.571. The zero-order valence-electron chi connectivity index (χ0n) is 11.0. The lowest BCUT2D eigenvalue weighted by atomic mass is 10.1. The van der Waals surface area contributed by atoms with Crippen LogP contribution in [0.4, 0.5) is 11.5 Å². The molecule has 1 heterocycles. The third-order valence-electron chi connectivity index (χ3n) is 3.67. The maximum atomic E-state index is 6.09. The van der Waals surface area contributed by atoms with Gasteiger partial charge in [0.15, 0.2) is 0 Å². The molecule has 0 atom stereocenters. The van der Waals surface area contributed by atoms with Gasteiger partial charge in [0.05, 0.1) is 11.4 Å². The van der Waals surface area contributed by atoms with Crippen LogP contribution in [0.5, 0.6) is 0 Å². The fourth-order valence-electron chi connectivity index (χ4n) is 2.59. The van der Waals surface area contributed by atoms with Crippen LogP contribution >= 0.6 is 0 Å². The fourth-order valence-corrected chi connectivity index (χ4v) is 2.59. The molecule has 1 fully saturated rings. The van der Waals surface area contributed by atoms with E-state index in [1.807, 2.05) is 11.6 Å². The lowest BCUT2D eigenvalue weighted by molar-refractivity contribution is 0.596. The van der Waals surface area contributed by atoms with Crippen molar-refractivity contribution in [3.05, 3.63) is 5.69 Å². The fraction of sp³-hybridized carbons (Fsp3) is 0.769. The third kappa shape index (κ3) is 2.73. The molecule has 1 aromatic rings. The largest absolute Gasteiger partial charge is 0.394 e. The smallest absolute Gasteiger partial charge is 0.148 e. The molecule has 0 unspecified atom stereocenters. The highest BCUT2D eigenvalue weighted by atomic mass is 15.3. The topological polar surface area (TPSA) is 55.9 Å². The molecular weight excluding hydrogens is 212 g/mol. The van der Waals surface area contributed by atoms with E-state index in [4.69, 9.17) is 5.73 Å². The first-order chi connectivity index (χ1) is 8.22. The summed E-state index contributed by atoms with van der Waals surface area (Å²) in [5.41, 5.74) is 7.84. The Morgan fingerprint density at radius 1 is 1.29 bits per heavy atom. The van der Waals surface area contributed by atoms with Gasteiger partial charge in [0.2, 0.25) is 0 Å². The number of hydrogen-bond donors (Lipinski definition) is 2. The van der Waals surface area contributed by atoms with Gasteiger partial charge in [-0.1, -0.05) is 25.7 Å². The molecule has 0 radical (unpaired) electrons. The Kier molecular flexibility index (Phi) is 3.92. The summed E-state index contributed by atoms with van der Waals surface area (Å²) in [5, 5.41) is 8.05. The first-order valence-corrected chi connectivity index (χ1v) is 6.81. The second-order valence-corrected chi connectivity index (χ2v) is 5.00. The van der Waals surface area contributed by atoms with Crippen molar-refractivity contribution in [3.8, 4) is 0 Å². The molecule has 0 aliphatic heterocycles. The maximum Gasteiger partial charge on any atom is 0.148 e. The van der Waals surface area contributed by atoms with Crippen molar-refractivity contribution in [1.82, 2.24) is 9.78 Å². The molecule has 4 heteroatoms. The van der Waals surface area contributed by atoms with E-state index in [1.165, 1.54) is 38.5 Å². The van der Waals surface area contributed by atoms with Gasteiger partial charge in [0.1, 0.15) is 5.82 Å². The minimum Gasteiger partial charge on any atom is -0.394 e. The molecule has 1 aliphatic carbocycles. The SMILES string of the molecule is CCn1nc(C)c(N)c1NC1CCCCCC1. The molecule has 3 N–H and O–H groups in total. The molecule has 0 spiro atoms. The van der Waals surface area contributed by atoms with Crippen LogP contribution in [0.3, 0.4) is 0 Å². The van der Waals surface area contributed by atoms with E-state index in [0.29, 0.717) is 6.04 Å². The molecular formula is C13H24N4. The molecule has 1 aromatic heterocycles. The summed E-state index contributed by atoms with van der Waals surface area (Å²) in [4.78, 5) is 0. The van der Waals surface area contributed by atoms with Crippen molar-refractivity contribution in [2.24, 2.45) is 0 Å². The van der Waals surface area contributed by atoms with E-state index in [9.17, 15) is 0 Å². The maximum absolute atomic E-state index is 6.09. The van der Waals surface area contributed by atoms with E-state index in [0.717, 1.165) is 23.7 Å². The summed E-state index contributed by atoms with van der Waals surface area (Å²) in [6.07, 6.45) is 7.92. The summed E-state index contributed by atoms with van der Waals surface area (Å²) < 4.78 is 1.98. The Hall–Kier alpha value is -1.19. The van der Waals surface area contributed by atoms with Crippen LogP contribution < -0.4 is 11.1 Å². The zero-order valence-corrected chi connectivity index (χ0v) is 11.0. The van der Waals surface area contributed by atoms with E-state index in [2.05, 4.69) is 17.3 Å². The number of anilines is 2. The van der Waals surface area contributed by atoms with Gasteiger partial charge < -0.3 is 11.1 Å². The first-order valence-electron chi connectivity index (χ1n) is 6.81. The molecule has 4 nitrogen and oxygen atoms in total. The number of aromatic nitrogens is 2. The Labute approximate surface area is 104 Å². The zero-order chi connectivity index (χ0) is 12.3. The lowest BCUT2D eigenvalue weighted by Crippen LogP contribution is -2.21. The predicted molar refractivity (Wildman–Crippen MR) is 72.2 cm³/mol. The Morgan fingerprint density at radius 2 is 1.94 bits per heavy atom. The number of rotatable bonds is 3. The van der Waals surface area contributed by atoms with Crippen molar-refractivity contribution >= 4 is 11.5 Å². The highest BCUT2D eigenvalue weighted by Crippen LogP contribution is 2.26. The van der Waals surface area contributed by atoms with Crippen LogP contribution in [-0.4, -0.2) is 15.8 Å². The minimum absolute atomic E-state index is 0.571. The summed E-state index contributed by atoms with van der Waals surface area (Å²) in [6.45, 7) is 4.94. The average molecular weight is 236 g/mol. The van der Waals surface area contributed by atoms with Gasteiger partial charge in [0.25, 0.3) is 0 Å². The Morgan fingerprint density at radius 3 is 2.53 bits per heavy atom. The monoisotopic (exact) mass is 236 g/mol. The van der Waals surface area contributed by atoms with Gasteiger partial charge in [-0.2, -0.15) is 5.10 Å². The van der Waals surface area contributed by atoms with Gasteiger partial charge in [-0.25, -0.2) is 4.68 Å². The van der Waals surface area contributed by atoms with E-state index < -0.39 is 0 Å². The Balaban J connectivity index is 2.11. The average Bonchev–Trinajstić information content (AvgIpc) is 2.54. The lowest BCUT2D eigenvalue weighted by Gasteiger charge is -2.18. The third-order valence-corrected chi connectivity index (χ3v) is 3.67. The number of nitrogen functional groups attached to an aromatic ring is 1. The van der Waals surface area contributed by atoms with Gasteiger partial charge in [-0.3, -0.25) is 0 Å². The summed E-state index contributed by atoms with van der Waals surface area (Å²) in [5.74, 6) is 1.02. The van der Waals surface area contributed by atoms with Crippen molar-refractivity contribution in [1.29, 1.82) is 0 Å². The summed E-state index contributed by atoms with van der Waals surface area (Å²) >= 11 is 0. The van der Waals surface area contributed by atoms with Crippen LogP contribution in [0.15, 0.2) is 0 Å². The molecule has 17 heavy (non-hydrogen) atoms. The van der Waals surface area contributed by atoms with Gasteiger partial charge >= 0.3 is 0 Å². The second-order valence-electron chi connectivity index (χ2n) is 5.00. The van der Waals surface area contributed by atoms with E-state index in [1.54, 1.807) is 0 Å². The van der Waals surface area contributed by atoms with Crippen LogP contribution in [0.1, 0.15) is 51.1 Å². The molecule has 2 rings (SSSR count).